The summed E-state index contributed by atoms with van der Waals surface area (Å²) < 4.78 is 12.9. The molecule has 0 aliphatic rings. The Bertz CT molecular complexity index is 471. The topological polar surface area (TPSA) is 66.4 Å². The quantitative estimate of drug-likeness (QED) is 0.687. The molecule has 0 saturated carbocycles. The molecule has 0 amide bonds. The first kappa shape index (κ1) is 17.3. The summed E-state index contributed by atoms with van der Waals surface area (Å²) in [5.74, 6) is -1.03. The van der Waals surface area contributed by atoms with Crippen molar-refractivity contribution in [3.05, 3.63) is 35.6 Å². The highest BCUT2D eigenvalue weighted by atomic mass is 19.1. The second-order valence-corrected chi connectivity index (χ2v) is 5.49. The Hall–Kier alpha value is -1.75. The van der Waals surface area contributed by atoms with Gasteiger partial charge in [-0.25, -0.2) is 4.39 Å². The molecule has 0 aliphatic heterocycles. The summed E-state index contributed by atoms with van der Waals surface area (Å²) in [5.41, 5.74) is 0.392. The number of hydrogen-bond acceptors (Lipinski definition) is 3. The van der Waals surface area contributed by atoms with Gasteiger partial charge in [-0.15, -0.1) is 0 Å². The molecule has 1 aromatic rings. The molecule has 1 unspecified atom stereocenters. The second-order valence-electron chi connectivity index (χ2n) is 5.49. The van der Waals surface area contributed by atoms with Gasteiger partial charge in [0, 0.05) is 12.0 Å². The van der Waals surface area contributed by atoms with Crippen molar-refractivity contribution in [2.45, 2.75) is 39.2 Å². The molecule has 2 N–H and O–H groups in total. The molecule has 1 atom stereocenters. The molecule has 0 aliphatic carbocycles. The Morgan fingerprint density at radius 1 is 1.19 bits per heavy atom. The maximum Gasteiger partial charge on any atom is 0.303 e. The largest absolute Gasteiger partial charge is 0.481 e. The number of benzene rings is 1. The molecule has 0 saturated heterocycles. The first-order valence-corrected chi connectivity index (χ1v) is 7.15. The number of carboxylic acid groups (broad SMARTS) is 1. The Balaban J connectivity index is 2.70. The standard InChI is InChI=1S/C16H22FNO3/c1-11(2)9-10-18-14(7-8-15(19)20)16(21)12-3-5-13(17)6-4-12/h3-6,11,14,18H,7-10H2,1-2H3,(H,19,20). The smallest absolute Gasteiger partial charge is 0.303 e. The van der Waals surface area contributed by atoms with Crippen LogP contribution in [0.15, 0.2) is 24.3 Å². The fraction of sp³-hybridized carbons (Fsp3) is 0.500. The van der Waals surface area contributed by atoms with Gasteiger partial charge in [0.05, 0.1) is 6.04 Å². The number of Topliss-reactive ketones (excluding diaryl/α,β-unsaturated/α-hetero) is 1. The van der Waals surface area contributed by atoms with Crippen LogP contribution in [0.1, 0.15) is 43.5 Å². The van der Waals surface area contributed by atoms with E-state index in [1.165, 1.54) is 24.3 Å². The maximum absolute atomic E-state index is 12.9. The van der Waals surface area contributed by atoms with E-state index in [1.807, 2.05) is 0 Å². The monoisotopic (exact) mass is 295 g/mol. The highest BCUT2D eigenvalue weighted by Gasteiger charge is 2.20. The van der Waals surface area contributed by atoms with E-state index in [0.29, 0.717) is 18.0 Å². The van der Waals surface area contributed by atoms with Gasteiger partial charge in [-0.05, 0) is 49.6 Å². The van der Waals surface area contributed by atoms with Gasteiger partial charge in [0.2, 0.25) is 0 Å². The average Bonchev–Trinajstić information content (AvgIpc) is 2.42. The van der Waals surface area contributed by atoms with Crippen molar-refractivity contribution in [3.63, 3.8) is 0 Å². The first-order chi connectivity index (χ1) is 9.90. The van der Waals surface area contributed by atoms with Crippen molar-refractivity contribution in [3.8, 4) is 0 Å². The van der Waals surface area contributed by atoms with Crippen LogP contribution in [0.3, 0.4) is 0 Å². The molecule has 1 aromatic carbocycles. The average molecular weight is 295 g/mol. The molecule has 116 valence electrons. The number of carbonyl (C=O) groups excluding carboxylic acids is 1. The molecule has 0 spiro atoms. The third kappa shape index (κ3) is 6.49. The number of aliphatic carboxylic acids is 1. The molecule has 0 heterocycles. The molecular weight excluding hydrogens is 273 g/mol. The lowest BCUT2D eigenvalue weighted by atomic mass is 9.99. The van der Waals surface area contributed by atoms with Crippen LogP contribution in [0.5, 0.6) is 0 Å². The summed E-state index contributed by atoms with van der Waals surface area (Å²) in [7, 11) is 0. The third-order valence-electron chi connectivity index (χ3n) is 3.20. The van der Waals surface area contributed by atoms with Gasteiger partial charge < -0.3 is 10.4 Å². The van der Waals surface area contributed by atoms with E-state index in [-0.39, 0.29) is 18.6 Å². The van der Waals surface area contributed by atoms with Gasteiger partial charge in [0.15, 0.2) is 5.78 Å². The van der Waals surface area contributed by atoms with Crippen LogP contribution in [0.2, 0.25) is 0 Å². The fourth-order valence-corrected chi connectivity index (χ4v) is 1.96. The predicted molar refractivity (Wildman–Crippen MR) is 78.8 cm³/mol. The summed E-state index contributed by atoms with van der Waals surface area (Å²) >= 11 is 0. The number of carboxylic acids is 1. The maximum atomic E-state index is 12.9. The van der Waals surface area contributed by atoms with Crippen LogP contribution in [0, 0.1) is 11.7 Å². The van der Waals surface area contributed by atoms with E-state index < -0.39 is 17.8 Å². The normalized spacial score (nSPS) is 12.4. The minimum absolute atomic E-state index is 0.0771. The van der Waals surface area contributed by atoms with Crippen LogP contribution in [-0.2, 0) is 4.79 Å². The third-order valence-corrected chi connectivity index (χ3v) is 3.20. The molecule has 5 heteroatoms. The fourth-order valence-electron chi connectivity index (χ4n) is 1.96. The molecular formula is C16H22FNO3. The Labute approximate surface area is 124 Å². The highest BCUT2D eigenvalue weighted by Crippen LogP contribution is 2.10. The van der Waals surface area contributed by atoms with E-state index >= 15 is 0 Å². The van der Waals surface area contributed by atoms with Crippen LogP contribution in [-0.4, -0.2) is 29.4 Å². The number of rotatable bonds is 9. The number of hydrogen-bond donors (Lipinski definition) is 2. The van der Waals surface area contributed by atoms with Gasteiger partial charge in [-0.2, -0.15) is 0 Å². The van der Waals surface area contributed by atoms with Crippen molar-refractivity contribution >= 4 is 11.8 Å². The molecule has 4 nitrogen and oxygen atoms in total. The van der Waals surface area contributed by atoms with Crippen LogP contribution < -0.4 is 5.32 Å². The molecule has 0 radical (unpaired) electrons. The first-order valence-electron chi connectivity index (χ1n) is 7.15. The second kappa shape index (κ2) is 8.52. The minimum Gasteiger partial charge on any atom is -0.481 e. The van der Waals surface area contributed by atoms with Crippen molar-refractivity contribution in [2.75, 3.05) is 6.54 Å². The van der Waals surface area contributed by atoms with E-state index in [0.717, 1.165) is 6.42 Å². The van der Waals surface area contributed by atoms with E-state index in [1.54, 1.807) is 0 Å². The van der Waals surface area contributed by atoms with E-state index in [4.69, 9.17) is 5.11 Å². The van der Waals surface area contributed by atoms with Gasteiger partial charge >= 0.3 is 5.97 Å². The molecule has 1 rings (SSSR count). The lowest BCUT2D eigenvalue weighted by molar-refractivity contribution is -0.137. The zero-order valence-corrected chi connectivity index (χ0v) is 12.4. The number of ketones is 1. The summed E-state index contributed by atoms with van der Waals surface area (Å²) in [6, 6.07) is 4.77. The zero-order chi connectivity index (χ0) is 15.8. The van der Waals surface area contributed by atoms with Crippen molar-refractivity contribution in [1.29, 1.82) is 0 Å². The number of carbonyl (C=O) groups is 2. The minimum atomic E-state index is -0.933. The summed E-state index contributed by atoms with van der Waals surface area (Å²) in [6.45, 7) is 4.81. The Morgan fingerprint density at radius 3 is 2.33 bits per heavy atom. The van der Waals surface area contributed by atoms with Crippen molar-refractivity contribution < 1.29 is 19.1 Å². The summed E-state index contributed by atoms with van der Waals surface area (Å²) in [6.07, 6.45) is 1.05. The van der Waals surface area contributed by atoms with Gasteiger partial charge in [-0.3, -0.25) is 9.59 Å². The molecule has 21 heavy (non-hydrogen) atoms. The van der Waals surface area contributed by atoms with Crippen LogP contribution in [0.25, 0.3) is 0 Å². The Kier molecular flexibility index (Phi) is 7.02. The van der Waals surface area contributed by atoms with E-state index in [9.17, 15) is 14.0 Å². The molecule has 0 bridgehead atoms. The van der Waals surface area contributed by atoms with Gasteiger partial charge in [0.1, 0.15) is 5.82 Å². The SMILES string of the molecule is CC(C)CCNC(CCC(=O)O)C(=O)c1ccc(F)cc1. The molecule has 0 aromatic heterocycles. The Morgan fingerprint density at radius 2 is 1.81 bits per heavy atom. The van der Waals surface area contributed by atoms with Crippen LogP contribution >= 0.6 is 0 Å². The summed E-state index contributed by atoms with van der Waals surface area (Å²) in [5, 5.41) is 11.9. The number of halogens is 1. The van der Waals surface area contributed by atoms with E-state index in [2.05, 4.69) is 19.2 Å². The highest BCUT2D eigenvalue weighted by molar-refractivity contribution is 6.00. The van der Waals surface area contributed by atoms with Crippen molar-refractivity contribution in [1.82, 2.24) is 5.32 Å². The van der Waals surface area contributed by atoms with Gasteiger partial charge in [0.25, 0.3) is 0 Å². The predicted octanol–water partition coefficient (Wildman–Crippen LogP) is 2.88. The lowest BCUT2D eigenvalue weighted by Crippen LogP contribution is -2.38. The zero-order valence-electron chi connectivity index (χ0n) is 12.4. The molecule has 0 fully saturated rings. The number of nitrogens with one attached hydrogen (secondary N) is 1. The van der Waals surface area contributed by atoms with Crippen LogP contribution in [0.4, 0.5) is 4.39 Å². The van der Waals surface area contributed by atoms with Crippen molar-refractivity contribution in [2.24, 2.45) is 5.92 Å². The van der Waals surface area contributed by atoms with Gasteiger partial charge in [-0.1, -0.05) is 13.8 Å². The lowest BCUT2D eigenvalue weighted by Gasteiger charge is -2.17. The summed E-state index contributed by atoms with van der Waals surface area (Å²) in [4.78, 5) is 23.1.